The van der Waals surface area contributed by atoms with E-state index in [9.17, 15) is 24.9 Å². The van der Waals surface area contributed by atoms with Gasteiger partial charge in [0.15, 0.2) is 23.0 Å². The number of fused-ring (bicyclic) bond motifs is 2. The number of carbonyl (C=O) groups is 2. The average Bonchev–Trinajstić information content (AvgIpc) is 2.80. The number of carbonyl (C=O) groups excluding carboxylic acids is 2. The van der Waals surface area contributed by atoms with Gasteiger partial charge < -0.3 is 24.5 Å². The van der Waals surface area contributed by atoms with E-state index in [0.29, 0.717) is 0 Å². The molecule has 0 spiro atoms. The van der Waals surface area contributed by atoms with Gasteiger partial charge in [-0.05, 0) is 0 Å². The third kappa shape index (κ3) is 1.28. The molecule has 1 aliphatic carbocycles. The molecule has 1 aromatic heterocycles. The molecular formula is C13H8O7. The fourth-order valence-corrected chi connectivity index (χ4v) is 2.21. The van der Waals surface area contributed by atoms with Crippen LogP contribution >= 0.6 is 0 Å². The maximum absolute atomic E-state index is 12.2. The summed E-state index contributed by atoms with van der Waals surface area (Å²) in [5.74, 6) is -3.76. The minimum atomic E-state index is -0.818. The Morgan fingerprint density at radius 1 is 1.00 bits per heavy atom. The Hall–Kier alpha value is -2.96. The summed E-state index contributed by atoms with van der Waals surface area (Å²) in [7, 11) is 1.24. The summed E-state index contributed by atoms with van der Waals surface area (Å²) in [4.78, 5) is 24.4. The largest absolute Gasteiger partial charge is 0.507 e. The Balaban J connectivity index is 2.40. The van der Waals surface area contributed by atoms with Crippen molar-refractivity contribution in [2.75, 3.05) is 7.11 Å². The number of benzene rings is 1. The second-order valence-electron chi connectivity index (χ2n) is 4.18. The van der Waals surface area contributed by atoms with Crippen LogP contribution in [0.15, 0.2) is 16.7 Å². The van der Waals surface area contributed by atoms with Crippen molar-refractivity contribution >= 4 is 11.6 Å². The quantitative estimate of drug-likeness (QED) is 0.571. The number of ether oxygens (including phenoxy) is 1. The molecule has 20 heavy (non-hydrogen) atoms. The highest BCUT2D eigenvalue weighted by atomic mass is 16.5. The van der Waals surface area contributed by atoms with Crippen molar-refractivity contribution in [2.24, 2.45) is 0 Å². The topological polar surface area (TPSA) is 117 Å². The van der Waals surface area contributed by atoms with Gasteiger partial charge in [0.1, 0.15) is 17.6 Å². The number of hydrogen-bond donors (Lipinski definition) is 3. The molecule has 1 heterocycles. The van der Waals surface area contributed by atoms with Gasteiger partial charge in [0.25, 0.3) is 0 Å². The fraction of sp³-hybridized carbons (Fsp3) is 0.0769. The molecule has 3 rings (SSSR count). The van der Waals surface area contributed by atoms with Gasteiger partial charge in [-0.2, -0.15) is 0 Å². The van der Waals surface area contributed by atoms with Gasteiger partial charge in [0.05, 0.1) is 18.2 Å². The van der Waals surface area contributed by atoms with E-state index in [2.05, 4.69) is 0 Å². The zero-order valence-corrected chi connectivity index (χ0v) is 10.1. The molecule has 0 amide bonds. The summed E-state index contributed by atoms with van der Waals surface area (Å²) in [6, 6.07) is 1.02. The maximum atomic E-state index is 12.2. The number of phenolic OH excluding ortho intramolecular Hbond substituents is 2. The molecule has 0 radical (unpaired) electrons. The lowest BCUT2D eigenvalue weighted by atomic mass is 9.86. The second-order valence-corrected chi connectivity index (χ2v) is 4.18. The number of ketones is 2. The smallest absolute Gasteiger partial charge is 0.233 e. The molecule has 2 aromatic rings. The Bertz CT molecular complexity index is 770. The Kier molecular flexibility index (Phi) is 2.28. The summed E-state index contributed by atoms with van der Waals surface area (Å²) in [6.45, 7) is 0. The Labute approximate surface area is 111 Å². The van der Waals surface area contributed by atoms with Crippen LogP contribution < -0.4 is 4.74 Å². The van der Waals surface area contributed by atoms with E-state index in [0.717, 1.165) is 12.3 Å². The monoisotopic (exact) mass is 276 g/mol. The molecule has 0 saturated heterocycles. The highest BCUT2D eigenvalue weighted by Gasteiger charge is 2.40. The normalized spacial score (nSPS) is 13.1. The number of aromatic hydroxyl groups is 3. The molecule has 1 aromatic carbocycles. The number of rotatable bonds is 1. The molecule has 7 nitrogen and oxygen atoms in total. The number of phenols is 2. The first kappa shape index (κ1) is 12.1. The van der Waals surface area contributed by atoms with Crippen LogP contribution in [0.2, 0.25) is 0 Å². The van der Waals surface area contributed by atoms with Gasteiger partial charge in [-0.3, -0.25) is 9.59 Å². The lowest BCUT2D eigenvalue weighted by molar-refractivity contribution is 0.0953. The summed E-state index contributed by atoms with van der Waals surface area (Å²) in [5.41, 5.74) is -1.13. The van der Waals surface area contributed by atoms with Crippen molar-refractivity contribution in [2.45, 2.75) is 0 Å². The lowest BCUT2D eigenvalue weighted by Gasteiger charge is -2.17. The van der Waals surface area contributed by atoms with Crippen LogP contribution in [0.5, 0.6) is 23.0 Å². The van der Waals surface area contributed by atoms with Gasteiger partial charge in [-0.25, -0.2) is 0 Å². The van der Waals surface area contributed by atoms with Crippen LogP contribution in [0, 0.1) is 0 Å². The molecule has 0 saturated carbocycles. The fourth-order valence-electron chi connectivity index (χ4n) is 2.21. The minimum absolute atomic E-state index is 0.151. The highest BCUT2D eigenvalue weighted by molar-refractivity contribution is 6.30. The van der Waals surface area contributed by atoms with Gasteiger partial charge in [0, 0.05) is 6.07 Å². The van der Waals surface area contributed by atoms with Gasteiger partial charge in [-0.15, -0.1) is 0 Å². The van der Waals surface area contributed by atoms with Crippen molar-refractivity contribution in [3.63, 3.8) is 0 Å². The van der Waals surface area contributed by atoms with Crippen molar-refractivity contribution in [1.29, 1.82) is 0 Å². The summed E-state index contributed by atoms with van der Waals surface area (Å²) >= 11 is 0. The standard InChI is InChI=1S/C13H8O7/c1-19-6-2-4(14)7-9(10(6)16)12(18)13-8(11(7)17)5(15)3-20-13/h2-3,14-16H,1H3. The van der Waals surface area contributed by atoms with E-state index < -0.39 is 39.9 Å². The van der Waals surface area contributed by atoms with E-state index in [4.69, 9.17) is 9.15 Å². The minimum Gasteiger partial charge on any atom is -0.507 e. The predicted octanol–water partition coefficient (Wildman–Crippen LogP) is 1.18. The molecule has 3 N–H and O–H groups in total. The number of hydrogen-bond acceptors (Lipinski definition) is 7. The molecule has 102 valence electrons. The Morgan fingerprint density at radius 2 is 1.70 bits per heavy atom. The van der Waals surface area contributed by atoms with Crippen molar-refractivity contribution in [3.8, 4) is 23.0 Å². The molecule has 0 unspecified atom stereocenters. The molecule has 0 fully saturated rings. The zero-order valence-electron chi connectivity index (χ0n) is 10.1. The molecule has 0 bridgehead atoms. The predicted molar refractivity (Wildman–Crippen MR) is 63.6 cm³/mol. The van der Waals surface area contributed by atoms with Crippen LogP contribution in [0.1, 0.15) is 32.0 Å². The maximum Gasteiger partial charge on any atom is 0.233 e. The number of methoxy groups -OCH3 is 1. The van der Waals surface area contributed by atoms with Crippen molar-refractivity contribution in [3.05, 3.63) is 34.8 Å². The first-order valence-electron chi connectivity index (χ1n) is 5.50. The van der Waals surface area contributed by atoms with E-state index >= 15 is 0 Å². The molecule has 0 aliphatic heterocycles. The Morgan fingerprint density at radius 3 is 2.35 bits per heavy atom. The van der Waals surface area contributed by atoms with Gasteiger partial charge in [0.2, 0.25) is 11.6 Å². The summed E-state index contributed by atoms with van der Waals surface area (Å²) < 4.78 is 9.66. The van der Waals surface area contributed by atoms with Crippen LogP contribution in [-0.4, -0.2) is 34.0 Å². The van der Waals surface area contributed by atoms with E-state index in [1.807, 2.05) is 0 Å². The molecule has 7 heteroatoms. The zero-order chi connectivity index (χ0) is 14.6. The lowest BCUT2D eigenvalue weighted by Crippen LogP contribution is -2.20. The summed E-state index contributed by atoms with van der Waals surface area (Å²) in [5, 5.41) is 29.4. The third-order valence-electron chi connectivity index (χ3n) is 3.12. The first-order chi connectivity index (χ1) is 9.47. The van der Waals surface area contributed by atoms with E-state index in [1.165, 1.54) is 7.11 Å². The van der Waals surface area contributed by atoms with Gasteiger partial charge in [-0.1, -0.05) is 0 Å². The third-order valence-corrected chi connectivity index (χ3v) is 3.12. The SMILES string of the molecule is COc1cc(O)c2c(c1O)C(=O)c1occ(O)c1C2=O. The van der Waals surface area contributed by atoms with Crippen LogP contribution in [-0.2, 0) is 0 Å². The van der Waals surface area contributed by atoms with Gasteiger partial charge >= 0.3 is 0 Å². The average molecular weight is 276 g/mol. The summed E-state index contributed by atoms with van der Waals surface area (Å²) in [6.07, 6.45) is 0.845. The second kappa shape index (κ2) is 3.77. The molecule has 0 atom stereocenters. The molecule has 1 aliphatic rings. The van der Waals surface area contributed by atoms with E-state index in [-0.39, 0.29) is 17.1 Å². The van der Waals surface area contributed by atoms with Crippen LogP contribution in [0.3, 0.4) is 0 Å². The van der Waals surface area contributed by atoms with Crippen LogP contribution in [0.25, 0.3) is 0 Å². The van der Waals surface area contributed by atoms with Crippen LogP contribution in [0.4, 0.5) is 0 Å². The van der Waals surface area contributed by atoms with Crippen molar-refractivity contribution in [1.82, 2.24) is 0 Å². The first-order valence-corrected chi connectivity index (χ1v) is 5.50. The van der Waals surface area contributed by atoms with E-state index in [1.54, 1.807) is 0 Å². The number of furan rings is 1. The highest BCUT2D eigenvalue weighted by Crippen LogP contribution is 2.45. The molecular weight excluding hydrogens is 268 g/mol. The van der Waals surface area contributed by atoms with Crippen molar-refractivity contribution < 1.29 is 34.1 Å².